The number of carbonyl (C=O) groups is 1. The molecule has 3 aliphatic heterocycles. The average Bonchev–Trinajstić information content (AvgIpc) is 3.02. The Bertz CT molecular complexity index is 542. The lowest BCUT2D eigenvalue weighted by Gasteiger charge is -2.42. The zero-order chi connectivity index (χ0) is 13.5. The highest BCUT2D eigenvalue weighted by molar-refractivity contribution is 7.99. The van der Waals surface area contributed by atoms with Crippen LogP contribution in [0.15, 0.2) is 18.2 Å². The Labute approximate surface area is 123 Å². The van der Waals surface area contributed by atoms with Gasteiger partial charge in [-0.15, -0.1) is 11.8 Å². The minimum absolute atomic E-state index is 0.00834. The smallest absolute Gasteiger partial charge is 0.245 e. The summed E-state index contributed by atoms with van der Waals surface area (Å²) in [7, 11) is 0. The normalized spacial score (nSPS) is 24.7. The first-order chi connectivity index (χ1) is 9.84. The van der Waals surface area contributed by atoms with Crippen molar-refractivity contribution < 1.29 is 4.79 Å². The number of nitrogens with one attached hydrogen (secondary N) is 1. The summed E-state index contributed by atoms with van der Waals surface area (Å²) in [6.45, 7) is 2.91. The topological polar surface area (TPSA) is 35.6 Å². The Kier molecular flexibility index (Phi) is 3.11. The molecule has 20 heavy (non-hydrogen) atoms. The van der Waals surface area contributed by atoms with Gasteiger partial charge in [0.2, 0.25) is 5.91 Å². The van der Waals surface area contributed by atoms with Crippen molar-refractivity contribution in [2.75, 3.05) is 41.1 Å². The lowest BCUT2D eigenvalue weighted by molar-refractivity contribution is -0.119. The van der Waals surface area contributed by atoms with Gasteiger partial charge in [0.1, 0.15) is 0 Å². The number of hydrogen-bond donors (Lipinski definition) is 1. The van der Waals surface area contributed by atoms with Crippen molar-refractivity contribution in [2.45, 2.75) is 18.9 Å². The number of rotatable bonds is 1. The molecule has 1 aromatic rings. The molecule has 1 N–H and O–H groups in total. The Morgan fingerprint density at radius 3 is 3.10 bits per heavy atom. The number of hydrogen-bond acceptors (Lipinski definition) is 4. The van der Waals surface area contributed by atoms with Crippen LogP contribution in [0, 0.1) is 0 Å². The van der Waals surface area contributed by atoms with E-state index in [-0.39, 0.29) is 11.9 Å². The van der Waals surface area contributed by atoms with Gasteiger partial charge in [-0.2, -0.15) is 0 Å². The van der Waals surface area contributed by atoms with Crippen LogP contribution in [0.1, 0.15) is 12.0 Å². The minimum atomic E-state index is -0.00834. The van der Waals surface area contributed by atoms with Gasteiger partial charge >= 0.3 is 0 Å². The van der Waals surface area contributed by atoms with E-state index in [4.69, 9.17) is 0 Å². The highest BCUT2D eigenvalue weighted by Gasteiger charge is 2.34. The van der Waals surface area contributed by atoms with E-state index in [1.807, 2.05) is 4.90 Å². The molecule has 1 saturated heterocycles. The molecule has 0 saturated carbocycles. The first-order valence-corrected chi connectivity index (χ1v) is 8.49. The molecule has 1 unspecified atom stereocenters. The fraction of sp³-hybridized carbons (Fsp3) is 0.533. The first-order valence-electron chi connectivity index (χ1n) is 7.34. The fourth-order valence-corrected chi connectivity index (χ4v) is 4.40. The van der Waals surface area contributed by atoms with Gasteiger partial charge in [-0.1, -0.05) is 12.1 Å². The molecule has 1 fully saturated rings. The highest BCUT2D eigenvalue weighted by Crippen LogP contribution is 2.39. The second kappa shape index (κ2) is 4.97. The number of thioether (sulfide) groups is 1. The average molecular weight is 289 g/mol. The molecule has 3 aliphatic rings. The predicted octanol–water partition coefficient (Wildman–Crippen LogP) is 1.45. The van der Waals surface area contributed by atoms with Gasteiger partial charge in [-0.05, 0) is 24.5 Å². The van der Waals surface area contributed by atoms with Crippen LogP contribution in [-0.4, -0.2) is 43.2 Å². The summed E-state index contributed by atoms with van der Waals surface area (Å²) in [5, 5.41) is 3.30. The number of aryl methyl sites for hydroxylation is 1. The highest BCUT2D eigenvalue weighted by atomic mass is 32.2. The molecule has 0 aliphatic carbocycles. The molecule has 3 heterocycles. The minimum Gasteiger partial charge on any atom is -0.368 e. The molecule has 0 radical (unpaired) electrons. The Hall–Kier alpha value is -1.20. The fourth-order valence-electron chi connectivity index (χ4n) is 3.47. The van der Waals surface area contributed by atoms with E-state index in [0.29, 0.717) is 0 Å². The van der Waals surface area contributed by atoms with E-state index in [9.17, 15) is 4.79 Å². The van der Waals surface area contributed by atoms with Gasteiger partial charge < -0.3 is 9.80 Å². The SMILES string of the molecule is O=C(C1CSCN1)N1CCN2CCCc3cccc1c32. The third-order valence-electron chi connectivity index (χ3n) is 4.45. The molecule has 0 bridgehead atoms. The Morgan fingerprint density at radius 2 is 2.25 bits per heavy atom. The van der Waals surface area contributed by atoms with Gasteiger partial charge in [-0.3, -0.25) is 10.1 Å². The van der Waals surface area contributed by atoms with Crippen molar-refractivity contribution in [2.24, 2.45) is 0 Å². The molecule has 4 nitrogen and oxygen atoms in total. The summed E-state index contributed by atoms with van der Waals surface area (Å²) in [4.78, 5) is 17.2. The Balaban J connectivity index is 1.71. The van der Waals surface area contributed by atoms with Crippen molar-refractivity contribution in [3.05, 3.63) is 23.8 Å². The van der Waals surface area contributed by atoms with Crippen molar-refractivity contribution >= 4 is 29.0 Å². The number of nitrogens with zero attached hydrogens (tertiary/aromatic N) is 2. The summed E-state index contributed by atoms with van der Waals surface area (Å²) in [5.41, 5.74) is 3.83. The number of para-hydroxylation sites is 1. The molecule has 1 aromatic carbocycles. The third-order valence-corrected chi connectivity index (χ3v) is 5.39. The van der Waals surface area contributed by atoms with Crippen LogP contribution in [0.3, 0.4) is 0 Å². The second-order valence-corrected chi connectivity index (χ2v) is 6.67. The van der Waals surface area contributed by atoms with E-state index < -0.39 is 0 Å². The van der Waals surface area contributed by atoms with Gasteiger partial charge in [-0.25, -0.2) is 0 Å². The van der Waals surface area contributed by atoms with Crippen LogP contribution in [-0.2, 0) is 11.2 Å². The standard InChI is InChI=1S/C15H19N3OS/c19-15(12-9-20-10-16-12)18-8-7-17-6-2-4-11-3-1-5-13(18)14(11)17/h1,3,5,12,16H,2,4,6-10H2. The van der Waals surface area contributed by atoms with E-state index in [2.05, 4.69) is 28.4 Å². The molecule has 0 spiro atoms. The first kappa shape index (κ1) is 12.5. The molecule has 106 valence electrons. The van der Waals surface area contributed by atoms with E-state index in [0.717, 1.165) is 43.4 Å². The van der Waals surface area contributed by atoms with Crippen LogP contribution < -0.4 is 15.1 Å². The molecule has 0 aromatic heterocycles. The van der Waals surface area contributed by atoms with Crippen LogP contribution in [0.2, 0.25) is 0 Å². The molecule has 5 heteroatoms. The van der Waals surface area contributed by atoms with Crippen LogP contribution in [0.4, 0.5) is 11.4 Å². The van der Waals surface area contributed by atoms with E-state index >= 15 is 0 Å². The number of carbonyl (C=O) groups excluding carboxylic acids is 1. The summed E-state index contributed by atoms with van der Waals surface area (Å²) in [6, 6.07) is 6.41. The summed E-state index contributed by atoms with van der Waals surface area (Å²) in [6.07, 6.45) is 2.37. The van der Waals surface area contributed by atoms with Crippen LogP contribution in [0.5, 0.6) is 0 Å². The molecular formula is C15H19N3OS. The number of benzene rings is 1. The molecule has 1 atom stereocenters. The van der Waals surface area contributed by atoms with Crippen LogP contribution in [0.25, 0.3) is 0 Å². The van der Waals surface area contributed by atoms with E-state index in [1.54, 1.807) is 11.8 Å². The maximum Gasteiger partial charge on any atom is 0.245 e. The maximum atomic E-state index is 12.7. The summed E-state index contributed by atoms with van der Waals surface area (Å²) < 4.78 is 0. The van der Waals surface area contributed by atoms with E-state index in [1.165, 1.54) is 17.7 Å². The van der Waals surface area contributed by atoms with Crippen LogP contribution >= 0.6 is 11.8 Å². The van der Waals surface area contributed by atoms with Crippen molar-refractivity contribution in [1.29, 1.82) is 0 Å². The summed E-state index contributed by atoms with van der Waals surface area (Å²) >= 11 is 1.81. The van der Waals surface area contributed by atoms with Crippen molar-refractivity contribution in [1.82, 2.24) is 5.32 Å². The van der Waals surface area contributed by atoms with Gasteiger partial charge in [0, 0.05) is 31.3 Å². The largest absolute Gasteiger partial charge is 0.368 e. The maximum absolute atomic E-state index is 12.7. The Morgan fingerprint density at radius 1 is 1.30 bits per heavy atom. The molecule has 1 amide bonds. The van der Waals surface area contributed by atoms with Gasteiger partial charge in [0.25, 0.3) is 0 Å². The predicted molar refractivity (Wildman–Crippen MR) is 83.6 cm³/mol. The summed E-state index contributed by atoms with van der Waals surface area (Å²) in [5.74, 6) is 2.03. The quantitative estimate of drug-likeness (QED) is 0.849. The zero-order valence-corrected chi connectivity index (χ0v) is 12.3. The molecular weight excluding hydrogens is 270 g/mol. The third kappa shape index (κ3) is 1.91. The second-order valence-electron chi connectivity index (χ2n) is 5.64. The lowest BCUT2D eigenvalue weighted by Crippen LogP contribution is -2.51. The monoisotopic (exact) mass is 289 g/mol. The van der Waals surface area contributed by atoms with Gasteiger partial charge in [0.05, 0.1) is 17.4 Å². The zero-order valence-electron chi connectivity index (χ0n) is 11.5. The van der Waals surface area contributed by atoms with Crippen molar-refractivity contribution in [3.8, 4) is 0 Å². The number of amides is 1. The molecule has 4 rings (SSSR count). The van der Waals surface area contributed by atoms with Gasteiger partial charge in [0.15, 0.2) is 0 Å². The van der Waals surface area contributed by atoms with Crippen molar-refractivity contribution in [3.63, 3.8) is 0 Å². The number of anilines is 2. The lowest BCUT2D eigenvalue weighted by atomic mass is 9.97.